The van der Waals surface area contributed by atoms with E-state index in [0.717, 1.165) is 0 Å². The number of rotatable bonds is 3. The average Bonchev–Trinajstić information content (AvgIpc) is 2.79. The number of fused-ring (bicyclic) bond motifs is 1. The van der Waals surface area contributed by atoms with Gasteiger partial charge in [0.1, 0.15) is 5.60 Å². The van der Waals surface area contributed by atoms with Crippen LogP contribution in [0.5, 0.6) is 5.88 Å². The van der Waals surface area contributed by atoms with Crippen molar-refractivity contribution < 1.29 is 22.7 Å². The Kier molecular flexibility index (Phi) is 4.58. The van der Waals surface area contributed by atoms with Crippen LogP contribution in [-0.2, 0) is 21.3 Å². The summed E-state index contributed by atoms with van der Waals surface area (Å²) in [5.74, 6) is 0.108. The van der Waals surface area contributed by atoms with Crippen molar-refractivity contribution in [1.82, 2.24) is 14.7 Å². The van der Waals surface area contributed by atoms with Gasteiger partial charge < -0.3 is 14.4 Å². The van der Waals surface area contributed by atoms with Crippen LogP contribution in [-0.4, -0.2) is 55.0 Å². The Morgan fingerprint density at radius 1 is 1.57 bits per heavy atom. The van der Waals surface area contributed by atoms with Gasteiger partial charge in [0, 0.05) is 19.5 Å². The lowest BCUT2D eigenvalue weighted by Gasteiger charge is -2.29. The van der Waals surface area contributed by atoms with Crippen LogP contribution in [0.15, 0.2) is 11.1 Å². The molecule has 0 bridgehead atoms. The fourth-order valence-corrected chi connectivity index (χ4v) is 2.84. The SMILES string of the molecule is CN(CC1COc2c(S(N)(=O)=O)cnn2C1)C(=O)OC(C)(C)C. The van der Waals surface area contributed by atoms with E-state index in [9.17, 15) is 13.2 Å². The van der Waals surface area contributed by atoms with E-state index in [1.165, 1.54) is 15.8 Å². The third kappa shape index (κ3) is 4.35. The number of hydrogen-bond donors (Lipinski definition) is 1. The molecule has 1 aromatic heterocycles. The highest BCUT2D eigenvalue weighted by molar-refractivity contribution is 7.89. The van der Waals surface area contributed by atoms with Crippen molar-refractivity contribution in [3.05, 3.63) is 6.20 Å². The van der Waals surface area contributed by atoms with Crippen LogP contribution in [0.1, 0.15) is 20.8 Å². The first kappa shape index (κ1) is 17.5. The molecule has 9 nitrogen and oxygen atoms in total. The third-order valence-electron chi connectivity index (χ3n) is 3.19. The molecule has 0 saturated carbocycles. The molecule has 0 aromatic carbocycles. The Morgan fingerprint density at radius 3 is 2.78 bits per heavy atom. The molecule has 1 amide bonds. The summed E-state index contributed by atoms with van der Waals surface area (Å²) in [5, 5.41) is 9.09. The molecule has 0 saturated heterocycles. The summed E-state index contributed by atoms with van der Waals surface area (Å²) < 4.78 is 35.1. The van der Waals surface area contributed by atoms with Crippen molar-refractivity contribution in [3.8, 4) is 5.88 Å². The summed E-state index contributed by atoms with van der Waals surface area (Å²) >= 11 is 0. The first-order chi connectivity index (χ1) is 10.5. The molecule has 2 heterocycles. The van der Waals surface area contributed by atoms with Crippen LogP contribution in [0.4, 0.5) is 4.79 Å². The van der Waals surface area contributed by atoms with Crippen molar-refractivity contribution in [2.24, 2.45) is 11.1 Å². The van der Waals surface area contributed by atoms with Crippen LogP contribution in [0.25, 0.3) is 0 Å². The number of ether oxygens (including phenoxy) is 2. The van der Waals surface area contributed by atoms with Gasteiger partial charge in [0.05, 0.1) is 19.3 Å². The fraction of sp³-hybridized carbons (Fsp3) is 0.692. The molecule has 0 fully saturated rings. The second-order valence-electron chi connectivity index (χ2n) is 6.58. The molecule has 2 rings (SSSR count). The van der Waals surface area contributed by atoms with Gasteiger partial charge in [-0.15, -0.1) is 0 Å². The molecule has 1 atom stereocenters. The smallest absolute Gasteiger partial charge is 0.410 e. The second kappa shape index (κ2) is 6.00. The predicted octanol–water partition coefficient (Wildman–Crippen LogP) is 0.406. The summed E-state index contributed by atoms with van der Waals surface area (Å²) in [4.78, 5) is 13.3. The Morgan fingerprint density at radius 2 is 2.22 bits per heavy atom. The van der Waals surface area contributed by atoms with Crippen molar-refractivity contribution in [2.75, 3.05) is 20.2 Å². The third-order valence-corrected chi connectivity index (χ3v) is 4.08. The summed E-state index contributed by atoms with van der Waals surface area (Å²) in [6.07, 6.45) is 0.749. The first-order valence-electron chi connectivity index (χ1n) is 7.13. The molecular formula is C13H22N4O5S. The number of aromatic nitrogens is 2. The normalized spacial score (nSPS) is 18.0. The molecule has 23 heavy (non-hydrogen) atoms. The summed E-state index contributed by atoms with van der Waals surface area (Å²) in [6, 6.07) is 0. The van der Waals surface area contributed by atoms with Crippen LogP contribution in [0.2, 0.25) is 0 Å². The standard InChI is InChI=1S/C13H22N4O5S/c1-13(2,3)22-12(18)16(4)6-9-7-17-11(21-8-9)10(5-15-17)23(14,19)20/h5,9H,6-8H2,1-4H3,(H2,14,19,20). The van der Waals surface area contributed by atoms with E-state index in [-0.39, 0.29) is 23.3 Å². The monoisotopic (exact) mass is 346 g/mol. The highest BCUT2D eigenvalue weighted by atomic mass is 32.2. The highest BCUT2D eigenvalue weighted by Crippen LogP contribution is 2.27. The molecule has 130 valence electrons. The van der Waals surface area contributed by atoms with Crippen LogP contribution in [0.3, 0.4) is 0 Å². The topological polar surface area (TPSA) is 117 Å². The van der Waals surface area contributed by atoms with E-state index >= 15 is 0 Å². The molecule has 1 unspecified atom stereocenters. The molecule has 0 radical (unpaired) electrons. The van der Waals surface area contributed by atoms with E-state index in [0.29, 0.717) is 13.1 Å². The number of carbonyl (C=O) groups excluding carboxylic acids is 1. The Bertz CT molecular complexity index is 692. The van der Waals surface area contributed by atoms with Gasteiger partial charge in [0.2, 0.25) is 15.9 Å². The summed E-state index contributed by atoms with van der Waals surface area (Å²) in [6.45, 7) is 6.49. The van der Waals surface area contributed by atoms with Crippen LogP contribution >= 0.6 is 0 Å². The minimum Gasteiger partial charge on any atom is -0.476 e. The van der Waals surface area contributed by atoms with Crippen molar-refractivity contribution in [3.63, 3.8) is 0 Å². The van der Waals surface area contributed by atoms with E-state index < -0.39 is 21.7 Å². The molecule has 1 aliphatic heterocycles. The lowest BCUT2D eigenvalue weighted by atomic mass is 10.1. The minimum atomic E-state index is -3.87. The number of nitrogens with two attached hydrogens (primary N) is 1. The fourth-order valence-electron chi connectivity index (χ4n) is 2.23. The van der Waals surface area contributed by atoms with Gasteiger partial charge in [-0.05, 0) is 20.8 Å². The van der Waals surface area contributed by atoms with E-state index in [1.54, 1.807) is 27.8 Å². The van der Waals surface area contributed by atoms with E-state index in [2.05, 4.69) is 5.10 Å². The summed E-state index contributed by atoms with van der Waals surface area (Å²) in [7, 11) is -2.23. The van der Waals surface area contributed by atoms with Gasteiger partial charge in [-0.25, -0.2) is 23.0 Å². The molecule has 0 aliphatic carbocycles. The summed E-state index contributed by atoms with van der Waals surface area (Å²) in [5.41, 5.74) is -0.562. The quantitative estimate of drug-likeness (QED) is 0.847. The molecule has 0 spiro atoms. The van der Waals surface area contributed by atoms with Crippen molar-refractivity contribution in [2.45, 2.75) is 37.8 Å². The zero-order chi connectivity index (χ0) is 17.4. The molecular weight excluding hydrogens is 324 g/mol. The molecule has 2 N–H and O–H groups in total. The Hall–Kier alpha value is -1.81. The number of primary sulfonamides is 1. The lowest BCUT2D eigenvalue weighted by molar-refractivity contribution is 0.0232. The zero-order valence-corrected chi connectivity index (χ0v) is 14.5. The number of hydrogen-bond acceptors (Lipinski definition) is 6. The van der Waals surface area contributed by atoms with Gasteiger partial charge >= 0.3 is 6.09 Å². The highest BCUT2D eigenvalue weighted by Gasteiger charge is 2.30. The second-order valence-corrected chi connectivity index (χ2v) is 8.11. The molecule has 10 heteroatoms. The zero-order valence-electron chi connectivity index (χ0n) is 13.6. The van der Waals surface area contributed by atoms with Crippen molar-refractivity contribution in [1.29, 1.82) is 0 Å². The lowest BCUT2D eigenvalue weighted by Crippen LogP contribution is -2.40. The van der Waals surface area contributed by atoms with Gasteiger partial charge in [0.25, 0.3) is 0 Å². The maximum absolute atomic E-state index is 12.0. The predicted molar refractivity (Wildman–Crippen MR) is 81.4 cm³/mol. The van der Waals surface area contributed by atoms with Crippen molar-refractivity contribution >= 4 is 16.1 Å². The largest absolute Gasteiger partial charge is 0.476 e. The number of carbonyl (C=O) groups is 1. The Balaban J connectivity index is 2.01. The number of amides is 1. The average molecular weight is 346 g/mol. The maximum atomic E-state index is 12.0. The molecule has 1 aromatic rings. The first-order valence-corrected chi connectivity index (χ1v) is 8.67. The number of nitrogens with zero attached hydrogens (tertiary/aromatic N) is 3. The number of sulfonamides is 1. The van der Waals surface area contributed by atoms with Gasteiger partial charge in [-0.2, -0.15) is 5.10 Å². The van der Waals surface area contributed by atoms with Gasteiger partial charge in [0.15, 0.2) is 4.90 Å². The minimum absolute atomic E-state index is 0.0340. The van der Waals surface area contributed by atoms with Gasteiger partial charge in [-0.3, -0.25) is 0 Å². The van der Waals surface area contributed by atoms with E-state index in [1.807, 2.05) is 0 Å². The molecule has 1 aliphatic rings. The van der Waals surface area contributed by atoms with Crippen LogP contribution < -0.4 is 9.88 Å². The maximum Gasteiger partial charge on any atom is 0.410 e. The van der Waals surface area contributed by atoms with E-state index in [4.69, 9.17) is 14.6 Å². The van der Waals surface area contributed by atoms with Gasteiger partial charge in [-0.1, -0.05) is 0 Å². The Labute approximate surface area is 135 Å². The van der Waals surface area contributed by atoms with Crippen LogP contribution in [0, 0.1) is 5.92 Å².